The first kappa shape index (κ1) is 23.1. The summed E-state index contributed by atoms with van der Waals surface area (Å²) in [6, 6.07) is 19.2. The van der Waals surface area contributed by atoms with Gasteiger partial charge in [-0.1, -0.05) is 48.5 Å². The summed E-state index contributed by atoms with van der Waals surface area (Å²) in [5, 5.41) is 6.52. The molecular formula is C25H25N3O3S2. The number of rotatable bonds is 6. The van der Waals surface area contributed by atoms with Gasteiger partial charge in [0.25, 0.3) is 5.91 Å². The number of hydrogen-bond acceptors (Lipinski definition) is 6. The van der Waals surface area contributed by atoms with Crippen LogP contribution in [0.2, 0.25) is 0 Å². The summed E-state index contributed by atoms with van der Waals surface area (Å²) in [4.78, 5) is 28.7. The fraction of sp³-hybridized carbons (Fsp3) is 0.240. The number of amides is 1. The summed E-state index contributed by atoms with van der Waals surface area (Å²) in [5.41, 5.74) is 3.29. The molecule has 4 rings (SSSR count). The normalized spacial score (nSPS) is 13.1. The summed E-state index contributed by atoms with van der Waals surface area (Å²) in [6.07, 6.45) is 0.748. The van der Waals surface area contributed by atoms with Gasteiger partial charge in [0.1, 0.15) is 5.00 Å². The second kappa shape index (κ2) is 10.7. The van der Waals surface area contributed by atoms with Gasteiger partial charge >= 0.3 is 5.97 Å². The molecule has 0 unspecified atom stereocenters. The summed E-state index contributed by atoms with van der Waals surface area (Å²) in [5.74, 6) is -0.674. The van der Waals surface area contributed by atoms with E-state index in [0.29, 0.717) is 16.1 Å². The van der Waals surface area contributed by atoms with Crippen molar-refractivity contribution in [2.24, 2.45) is 0 Å². The van der Waals surface area contributed by atoms with Gasteiger partial charge in [0.15, 0.2) is 5.11 Å². The predicted octanol–water partition coefficient (Wildman–Crippen LogP) is 4.61. The predicted molar refractivity (Wildman–Crippen MR) is 135 cm³/mol. The van der Waals surface area contributed by atoms with E-state index >= 15 is 0 Å². The lowest BCUT2D eigenvalue weighted by atomic mass is 10.0. The number of thiophene rings is 1. The number of anilines is 1. The Labute approximate surface area is 202 Å². The van der Waals surface area contributed by atoms with Crippen molar-refractivity contribution in [2.75, 3.05) is 18.5 Å². The van der Waals surface area contributed by atoms with Crippen LogP contribution in [-0.2, 0) is 24.2 Å². The van der Waals surface area contributed by atoms with Gasteiger partial charge in [0, 0.05) is 30.1 Å². The number of thiocarbonyl (C=S) groups is 1. The molecule has 170 valence electrons. The molecule has 2 heterocycles. The Kier molecular flexibility index (Phi) is 7.49. The molecule has 0 saturated carbocycles. The molecule has 6 nitrogen and oxygen atoms in total. The van der Waals surface area contributed by atoms with E-state index in [9.17, 15) is 9.59 Å². The van der Waals surface area contributed by atoms with Gasteiger partial charge in [-0.25, -0.2) is 4.79 Å². The van der Waals surface area contributed by atoms with Crippen LogP contribution in [0.5, 0.6) is 0 Å². The second-order valence-electron chi connectivity index (χ2n) is 7.65. The van der Waals surface area contributed by atoms with E-state index in [4.69, 9.17) is 17.0 Å². The summed E-state index contributed by atoms with van der Waals surface area (Å²) < 4.78 is 5.33. The first-order valence-corrected chi connectivity index (χ1v) is 12.0. The van der Waals surface area contributed by atoms with Crippen LogP contribution in [0.3, 0.4) is 0 Å². The fourth-order valence-electron chi connectivity index (χ4n) is 3.84. The Morgan fingerprint density at radius 3 is 2.48 bits per heavy atom. The molecular weight excluding hydrogens is 454 g/mol. The molecule has 0 aliphatic carbocycles. The smallest absolute Gasteiger partial charge is 0.341 e. The van der Waals surface area contributed by atoms with Crippen LogP contribution >= 0.6 is 23.6 Å². The highest BCUT2D eigenvalue weighted by molar-refractivity contribution is 7.80. The number of nitrogens with zero attached hydrogens (tertiary/aromatic N) is 1. The third kappa shape index (κ3) is 5.65. The summed E-state index contributed by atoms with van der Waals surface area (Å²) in [7, 11) is 0. The van der Waals surface area contributed by atoms with E-state index in [1.165, 1.54) is 16.9 Å². The van der Waals surface area contributed by atoms with E-state index in [-0.39, 0.29) is 23.6 Å². The van der Waals surface area contributed by atoms with Gasteiger partial charge in [-0.3, -0.25) is 15.0 Å². The van der Waals surface area contributed by atoms with Crippen molar-refractivity contribution in [1.82, 2.24) is 10.2 Å². The van der Waals surface area contributed by atoms with Gasteiger partial charge in [-0.2, -0.15) is 0 Å². The van der Waals surface area contributed by atoms with Gasteiger partial charge in [-0.15, -0.1) is 11.3 Å². The third-order valence-corrected chi connectivity index (χ3v) is 6.69. The minimum Gasteiger partial charge on any atom is -0.462 e. The highest BCUT2D eigenvalue weighted by Crippen LogP contribution is 2.38. The highest BCUT2D eigenvalue weighted by atomic mass is 32.1. The Bertz CT molecular complexity index is 1150. The standard InChI is InChI=1S/C25H25N3O3S2/c1-2-31-24(30)21-19-13-14-28(15-17-9-5-3-6-10-17)16-20(19)33-23(21)27-25(32)26-22(29)18-11-7-4-8-12-18/h3-12H,2,13-16H2,1H3,(H2,26,27,29,32). The van der Waals surface area contributed by atoms with Crippen molar-refractivity contribution in [1.29, 1.82) is 0 Å². The van der Waals surface area contributed by atoms with Crippen LogP contribution in [0.4, 0.5) is 5.00 Å². The van der Waals surface area contributed by atoms with Crippen molar-refractivity contribution in [3.63, 3.8) is 0 Å². The lowest BCUT2D eigenvalue weighted by Crippen LogP contribution is -2.34. The number of fused-ring (bicyclic) bond motifs is 1. The topological polar surface area (TPSA) is 70.7 Å². The molecule has 0 saturated heterocycles. The SMILES string of the molecule is CCOC(=O)c1c(NC(=S)NC(=O)c2ccccc2)sc2c1CCN(Cc1ccccc1)C2. The molecule has 1 aliphatic rings. The largest absolute Gasteiger partial charge is 0.462 e. The van der Waals surface area contributed by atoms with Crippen molar-refractivity contribution < 1.29 is 14.3 Å². The first-order valence-electron chi connectivity index (χ1n) is 10.8. The Balaban J connectivity index is 1.52. The first-order chi connectivity index (χ1) is 16.0. The van der Waals surface area contributed by atoms with E-state index in [1.807, 2.05) is 24.3 Å². The monoisotopic (exact) mass is 479 g/mol. The van der Waals surface area contributed by atoms with Crippen molar-refractivity contribution in [2.45, 2.75) is 26.4 Å². The third-order valence-electron chi connectivity index (χ3n) is 5.35. The van der Waals surface area contributed by atoms with Crippen LogP contribution < -0.4 is 10.6 Å². The molecule has 0 spiro atoms. The van der Waals surface area contributed by atoms with Crippen molar-refractivity contribution in [3.05, 3.63) is 87.8 Å². The Morgan fingerprint density at radius 1 is 1.09 bits per heavy atom. The number of nitrogens with one attached hydrogen (secondary N) is 2. The van der Waals surface area contributed by atoms with Crippen molar-refractivity contribution in [3.8, 4) is 0 Å². The number of hydrogen-bond donors (Lipinski definition) is 2. The molecule has 1 amide bonds. The molecule has 2 N–H and O–H groups in total. The number of benzene rings is 2. The minimum atomic E-state index is -0.369. The van der Waals surface area contributed by atoms with Gasteiger partial charge in [0.05, 0.1) is 12.2 Å². The zero-order valence-corrected chi connectivity index (χ0v) is 19.9. The Hall–Kier alpha value is -3.07. The maximum atomic E-state index is 12.8. The fourth-order valence-corrected chi connectivity index (χ4v) is 5.38. The molecule has 3 aromatic rings. The van der Waals surface area contributed by atoms with Crippen LogP contribution in [0.25, 0.3) is 0 Å². The Morgan fingerprint density at radius 2 is 1.79 bits per heavy atom. The number of carbonyl (C=O) groups excluding carboxylic acids is 2. The van der Waals surface area contributed by atoms with Gasteiger partial charge in [0.2, 0.25) is 0 Å². The molecule has 1 aromatic heterocycles. The molecule has 8 heteroatoms. The van der Waals surface area contributed by atoms with Crippen LogP contribution in [0, 0.1) is 0 Å². The van der Waals surface area contributed by atoms with Gasteiger partial charge in [-0.05, 0) is 48.8 Å². The molecule has 0 bridgehead atoms. The zero-order chi connectivity index (χ0) is 23.2. The minimum absolute atomic E-state index is 0.147. The van der Waals surface area contributed by atoms with Gasteiger partial charge < -0.3 is 10.1 Å². The van der Waals surface area contributed by atoms with Crippen LogP contribution in [-0.4, -0.2) is 35.0 Å². The number of ether oxygens (including phenoxy) is 1. The van der Waals surface area contributed by atoms with Crippen molar-refractivity contribution >= 4 is 45.5 Å². The average Bonchev–Trinajstić information content (AvgIpc) is 3.17. The molecule has 1 aliphatic heterocycles. The van der Waals surface area contributed by atoms with Crippen LogP contribution in [0.15, 0.2) is 60.7 Å². The molecule has 2 aromatic carbocycles. The average molecular weight is 480 g/mol. The lowest BCUT2D eigenvalue weighted by molar-refractivity contribution is 0.0526. The lowest BCUT2D eigenvalue weighted by Gasteiger charge is -2.27. The molecule has 0 atom stereocenters. The zero-order valence-electron chi connectivity index (χ0n) is 18.3. The van der Waals surface area contributed by atoms with E-state index in [1.54, 1.807) is 31.2 Å². The van der Waals surface area contributed by atoms with E-state index in [2.05, 4.69) is 27.7 Å². The summed E-state index contributed by atoms with van der Waals surface area (Å²) in [6.45, 7) is 4.52. The number of esters is 1. The highest BCUT2D eigenvalue weighted by Gasteiger charge is 2.29. The summed E-state index contributed by atoms with van der Waals surface area (Å²) >= 11 is 6.86. The number of carbonyl (C=O) groups is 2. The second-order valence-corrected chi connectivity index (χ2v) is 9.16. The quantitative estimate of drug-likeness (QED) is 0.397. The molecule has 0 fully saturated rings. The van der Waals surface area contributed by atoms with Crippen LogP contribution in [0.1, 0.15) is 43.6 Å². The maximum Gasteiger partial charge on any atom is 0.341 e. The molecule has 33 heavy (non-hydrogen) atoms. The molecule has 0 radical (unpaired) electrons. The van der Waals surface area contributed by atoms with E-state index in [0.717, 1.165) is 36.5 Å². The maximum absolute atomic E-state index is 12.8. The van der Waals surface area contributed by atoms with E-state index < -0.39 is 0 Å².